The van der Waals surface area contributed by atoms with Crippen molar-refractivity contribution in [3.63, 3.8) is 0 Å². The van der Waals surface area contributed by atoms with Crippen LogP contribution in [0.2, 0.25) is 0 Å². The SMILES string of the molecule is CC(N)C(F)(F)c1ccc(-c2ccccc2)cc1. The first-order valence-electron chi connectivity index (χ1n) is 5.81. The van der Waals surface area contributed by atoms with E-state index in [2.05, 4.69) is 0 Å². The average molecular weight is 247 g/mol. The van der Waals surface area contributed by atoms with Gasteiger partial charge in [0.2, 0.25) is 0 Å². The lowest BCUT2D eigenvalue weighted by Crippen LogP contribution is -2.35. The Morgan fingerprint density at radius 3 is 1.89 bits per heavy atom. The number of hydrogen-bond acceptors (Lipinski definition) is 1. The van der Waals surface area contributed by atoms with Crippen LogP contribution in [0.5, 0.6) is 0 Å². The third-order valence-corrected chi connectivity index (χ3v) is 2.95. The Labute approximate surface area is 105 Å². The summed E-state index contributed by atoms with van der Waals surface area (Å²) in [5.74, 6) is -2.99. The van der Waals surface area contributed by atoms with Crippen molar-refractivity contribution in [2.45, 2.75) is 18.9 Å². The molecule has 94 valence electrons. The normalized spacial score (nSPS) is 13.3. The zero-order chi connectivity index (χ0) is 13.2. The molecular formula is C15H15F2N. The third kappa shape index (κ3) is 2.41. The van der Waals surface area contributed by atoms with E-state index in [-0.39, 0.29) is 5.56 Å². The Hall–Kier alpha value is -1.74. The summed E-state index contributed by atoms with van der Waals surface area (Å²) in [6.45, 7) is 1.31. The van der Waals surface area contributed by atoms with Crippen molar-refractivity contribution in [1.82, 2.24) is 0 Å². The van der Waals surface area contributed by atoms with Crippen LogP contribution in [0, 0.1) is 0 Å². The molecule has 18 heavy (non-hydrogen) atoms. The van der Waals surface area contributed by atoms with E-state index in [0.29, 0.717) is 0 Å². The van der Waals surface area contributed by atoms with Crippen LogP contribution in [0.4, 0.5) is 8.78 Å². The van der Waals surface area contributed by atoms with Crippen molar-refractivity contribution < 1.29 is 8.78 Å². The van der Waals surface area contributed by atoms with Crippen LogP contribution in [0.3, 0.4) is 0 Å². The molecule has 0 aliphatic carbocycles. The molecule has 0 aliphatic rings. The zero-order valence-corrected chi connectivity index (χ0v) is 10.1. The van der Waals surface area contributed by atoms with E-state index in [1.54, 1.807) is 12.1 Å². The van der Waals surface area contributed by atoms with Gasteiger partial charge < -0.3 is 5.73 Å². The molecule has 2 N–H and O–H groups in total. The highest BCUT2D eigenvalue weighted by Gasteiger charge is 2.35. The summed E-state index contributed by atoms with van der Waals surface area (Å²) >= 11 is 0. The number of rotatable bonds is 3. The van der Waals surface area contributed by atoms with Crippen molar-refractivity contribution >= 4 is 0 Å². The van der Waals surface area contributed by atoms with Gasteiger partial charge in [-0.2, -0.15) is 8.78 Å². The average Bonchev–Trinajstić information content (AvgIpc) is 2.40. The number of benzene rings is 2. The minimum atomic E-state index is -2.99. The third-order valence-electron chi connectivity index (χ3n) is 2.95. The second-order valence-corrected chi connectivity index (χ2v) is 4.36. The topological polar surface area (TPSA) is 26.0 Å². The van der Waals surface area contributed by atoms with Gasteiger partial charge in [-0.25, -0.2) is 0 Å². The molecule has 2 rings (SSSR count). The van der Waals surface area contributed by atoms with Crippen molar-refractivity contribution in [2.24, 2.45) is 5.73 Å². The van der Waals surface area contributed by atoms with E-state index in [1.165, 1.54) is 19.1 Å². The maximum atomic E-state index is 13.7. The maximum Gasteiger partial charge on any atom is 0.287 e. The highest BCUT2D eigenvalue weighted by Crippen LogP contribution is 2.32. The Balaban J connectivity index is 2.32. The monoisotopic (exact) mass is 247 g/mol. The molecule has 0 aromatic heterocycles. The second-order valence-electron chi connectivity index (χ2n) is 4.36. The minimum Gasteiger partial charge on any atom is -0.323 e. The van der Waals surface area contributed by atoms with E-state index >= 15 is 0 Å². The van der Waals surface area contributed by atoms with Crippen molar-refractivity contribution in [3.05, 3.63) is 60.2 Å². The van der Waals surface area contributed by atoms with E-state index in [4.69, 9.17) is 5.73 Å². The van der Waals surface area contributed by atoms with Gasteiger partial charge in [-0.05, 0) is 18.1 Å². The molecule has 2 aromatic rings. The molecule has 0 saturated carbocycles. The summed E-state index contributed by atoms with van der Waals surface area (Å²) in [6, 6.07) is 14.7. The summed E-state index contributed by atoms with van der Waals surface area (Å²) in [5.41, 5.74) is 7.18. The summed E-state index contributed by atoms with van der Waals surface area (Å²) in [5, 5.41) is 0. The Bertz CT molecular complexity index is 504. The van der Waals surface area contributed by atoms with Crippen LogP contribution in [0.15, 0.2) is 54.6 Å². The van der Waals surface area contributed by atoms with Gasteiger partial charge in [0.25, 0.3) is 5.92 Å². The molecule has 0 radical (unpaired) electrons. The number of hydrogen-bond donors (Lipinski definition) is 1. The fourth-order valence-electron chi connectivity index (χ4n) is 1.78. The van der Waals surface area contributed by atoms with Gasteiger partial charge in [0, 0.05) is 5.56 Å². The molecule has 0 spiro atoms. The Kier molecular flexibility index (Phi) is 3.43. The van der Waals surface area contributed by atoms with Crippen LogP contribution in [-0.4, -0.2) is 6.04 Å². The van der Waals surface area contributed by atoms with E-state index in [9.17, 15) is 8.78 Å². The summed E-state index contributed by atoms with van der Waals surface area (Å²) in [4.78, 5) is 0. The van der Waals surface area contributed by atoms with E-state index in [0.717, 1.165) is 11.1 Å². The standard InChI is InChI=1S/C15H15F2N/c1-11(18)15(16,17)14-9-7-13(8-10-14)12-5-3-2-4-6-12/h2-11H,18H2,1H3. The molecule has 3 heteroatoms. The predicted molar refractivity (Wildman–Crippen MR) is 69.4 cm³/mol. The molecular weight excluding hydrogens is 232 g/mol. The fourth-order valence-corrected chi connectivity index (χ4v) is 1.78. The van der Waals surface area contributed by atoms with Crippen LogP contribution in [-0.2, 0) is 5.92 Å². The Morgan fingerprint density at radius 2 is 1.39 bits per heavy atom. The molecule has 0 bridgehead atoms. The van der Waals surface area contributed by atoms with Crippen molar-refractivity contribution in [3.8, 4) is 11.1 Å². The molecule has 1 atom stereocenters. The van der Waals surface area contributed by atoms with Crippen LogP contribution < -0.4 is 5.73 Å². The largest absolute Gasteiger partial charge is 0.323 e. The highest BCUT2D eigenvalue weighted by molar-refractivity contribution is 5.63. The highest BCUT2D eigenvalue weighted by atomic mass is 19.3. The van der Waals surface area contributed by atoms with Gasteiger partial charge in [-0.3, -0.25) is 0 Å². The first kappa shape index (κ1) is 12.7. The predicted octanol–water partition coefficient (Wildman–Crippen LogP) is 3.79. The van der Waals surface area contributed by atoms with Gasteiger partial charge in [0.15, 0.2) is 0 Å². The van der Waals surface area contributed by atoms with Crippen LogP contribution in [0.1, 0.15) is 12.5 Å². The van der Waals surface area contributed by atoms with Crippen LogP contribution in [0.25, 0.3) is 11.1 Å². The fraction of sp³-hybridized carbons (Fsp3) is 0.200. The number of halogens is 2. The summed E-state index contributed by atoms with van der Waals surface area (Å²) in [6.07, 6.45) is 0. The quantitative estimate of drug-likeness (QED) is 0.877. The molecule has 0 fully saturated rings. The molecule has 0 aliphatic heterocycles. The minimum absolute atomic E-state index is 0.0443. The van der Waals surface area contributed by atoms with Crippen LogP contribution >= 0.6 is 0 Å². The zero-order valence-electron chi connectivity index (χ0n) is 10.1. The van der Waals surface area contributed by atoms with Gasteiger partial charge in [0.05, 0.1) is 6.04 Å². The summed E-state index contributed by atoms with van der Waals surface area (Å²) < 4.78 is 27.4. The lowest BCUT2D eigenvalue weighted by Gasteiger charge is -2.20. The van der Waals surface area contributed by atoms with Crippen molar-refractivity contribution in [2.75, 3.05) is 0 Å². The Morgan fingerprint density at radius 1 is 0.889 bits per heavy atom. The molecule has 2 aromatic carbocycles. The molecule has 0 amide bonds. The van der Waals surface area contributed by atoms with Gasteiger partial charge in [-0.15, -0.1) is 0 Å². The molecule has 0 heterocycles. The molecule has 0 saturated heterocycles. The first-order valence-corrected chi connectivity index (χ1v) is 5.81. The number of alkyl halides is 2. The summed E-state index contributed by atoms with van der Waals surface area (Å²) in [7, 11) is 0. The molecule has 1 nitrogen and oxygen atoms in total. The van der Waals surface area contributed by atoms with Crippen molar-refractivity contribution in [1.29, 1.82) is 0 Å². The molecule has 1 unspecified atom stereocenters. The van der Waals surface area contributed by atoms with Gasteiger partial charge >= 0.3 is 0 Å². The lowest BCUT2D eigenvalue weighted by atomic mass is 9.99. The number of nitrogens with two attached hydrogens (primary N) is 1. The van der Waals surface area contributed by atoms with Gasteiger partial charge in [-0.1, -0.05) is 54.6 Å². The second kappa shape index (κ2) is 4.86. The smallest absolute Gasteiger partial charge is 0.287 e. The maximum absolute atomic E-state index is 13.7. The van der Waals surface area contributed by atoms with Gasteiger partial charge in [0.1, 0.15) is 0 Å². The lowest BCUT2D eigenvalue weighted by molar-refractivity contribution is -0.0256. The van der Waals surface area contributed by atoms with E-state index in [1.807, 2.05) is 30.3 Å². The first-order chi connectivity index (χ1) is 8.51. The van der Waals surface area contributed by atoms with E-state index < -0.39 is 12.0 Å².